The maximum absolute atomic E-state index is 13.7. The van der Waals surface area contributed by atoms with Gasteiger partial charge in [-0.05, 0) is 111 Å². The van der Waals surface area contributed by atoms with Crippen molar-refractivity contribution in [2.75, 3.05) is 28.6 Å². The summed E-state index contributed by atoms with van der Waals surface area (Å²) in [5, 5.41) is 41.5. The molecule has 0 bridgehead atoms. The minimum absolute atomic E-state index is 0.355. The van der Waals surface area contributed by atoms with E-state index < -0.39 is 0 Å². The average Bonchev–Trinajstić information content (AvgIpc) is 3.16. The van der Waals surface area contributed by atoms with Crippen LogP contribution in [0.2, 0.25) is 0 Å². The quantitative estimate of drug-likeness (QED) is 0.0539. The lowest BCUT2D eigenvalue weighted by Crippen LogP contribution is -1.97. The number of hydrazone groups is 3. The lowest BCUT2D eigenvalue weighted by molar-refractivity contribution is 0.628. The molecule has 0 heterocycles. The molecule has 0 spiro atoms. The second-order valence-electron chi connectivity index (χ2n) is 10.4. The molecule has 8 N–H and O–H groups in total. The second kappa shape index (κ2) is 28.5. The van der Waals surface area contributed by atoms with Crippen LogP contribution in [0.1, 0.15) is 49.4 Å². The van der Waals surface area contributed by atoms with Crippen LogP contribution >= 0.6 is 0 Å². The average molecular weight is 708 g/mol. The SMILES string of the molecule is CC.CCC=N.CNc1cc(C)ccc1C.Cc1ccc(N/N=C\C=N)cc1.Cc1ccc(N/N=C\C=N)cc1-c1cc(F)ccc1N/N=C\C=N. The first-order valence-electron chi connectivity index (χ1n) is 16.7. The van der Waals surface area contributed by atoms with Gasteiger partial charge in [-0.3, -0.25) is 16.3 Å². The smallest absolute Gasteiger partial charge is 0.123 e. The number of aryl methyl sites for hydroxylation is 4. The third-order valence-electron chi connectivity index (χ3n) is 6.45. The molecule has 4 aromatic carbocycles. The van der Waals surface area contributed by atoms with Crippen molar-refractivity contribution in [2.45, 2.75) is 54.9 Å². The molecule has 276 valence electrons. The summed E-state index contributed by atoms with van der Waals surface area (Å²) in [6.07, 6.45) is 9.48. The summed E-state index contributed by atoms with van der Waals surface area (Å²) in [6, 6.07) is 24.2. The summed E-state index contributed by atoms with van der Waals surface area (Å²) < 4.78 is 13.7. The Morgan fingerprint density at radius 3 is 1.60 bits per heavy atom. The van der Waals surface area contributed by atoms with Crippen molar-refractivity contribution in [3.63, 3.8) is 0 Å². The third-order valence-corrected chi connectivity index (χ3v) is 6.45. The van der Waals surface area contributed by atoms with Crippen LogP contribution in [0.15, 0.2) is 94.2 Å². The normalized spacial score (nSPS) is 9.79. The van der Waals surface area contributed by atoms with Crippen molar-refractivity contribution in [3.05, 3.63) is 107 Å². The van der Waals surface area contributed by atoms with E-state index in [0.717, 1.165) is 41.9 Å². The summed E-state index contributed by atoms with van der Waals surface area (Å²) in [5.74, 6) is -0.355. The van der Waals surface area contributed by atoms with E-state index >= 15 is 0 Å². The van der Waals surface area contributed by atoms with E-state index in [-0.39, 0.29) is 5.82 Å². The molecular formula is C40H54FN11. The number of halogens is 1. The number of benzene rings is 4. The minimum Gasteiger partial charge on any atom is -0.388 e. The van der Waals surface area contributed by atoms with Crippen LogP contribution in [0.25, 0.3) is 11.1 Å². The highest BCUT2D eigenvalue weighted by atomic mass is 19.1. The van der Waals surface area contributed by atoms with Gasteiger partial charge in [0.15, 0.2) is 0 Å². The number of nitrogens with zero attached hydrogens (tertiary/aromatic N) is 3. The summed E-state index contributed by atoms with van der Waals surface area (Å²) >= 11 is 0. The van der Waals surface area contributed by atoms with Crippen LogP contribution in [0, 0.1) is 55.1 Å². The largest absolute Gasteiger partial charge is 0.388 e. The predicted molar refractivity (Wildman–Crippen MR) is 226 cm³/mol. The summed E-state index contributed by atoms with van der Waals surface area (Å²) in [7, 11) is 1.95. The van der Waals surface area contributed by atoms with Gasteiger partial charge in [-0.1, -0.05) is 56.7 Å². The van der Waals surface area contributed by atoms with Crippen molar-refractivity contribution in [1.29, 1.82) is 21.6 Å². The number of nitrogens with one attached hydrogen (secondary N) is 8. The highest BCUT2D eigenvalue weighted by Crippen LogP contribution is 2.33. The molecule has 11 nitrogen and oxygen atoms in total. The first-order valence-corrected chi connectivity index (χ1v) is 16.7. The lowest BCUT2D eigenvalue weighted by Gasteiger charge is -2.13. The zero-order valence-electron chi connectivity index (χ0n) is 31.5. The van der Waals surface area contributed by atoms with E-state index in [1.807, 2.05) is 84.1 Å². The van der Waals surface area contributed by atoms with Gasteiger partial charge < -0.3 is 27.0 Å². The summed E-state index contributed by atoms with van der Waals surface area (Å²) in [6.45, 7) is 14.1. The molecule has 0 aliphatic carbocycles. The Morgan fingerprint density at radius 1 is 0.577 bits per heavy atom. The number of rotatable bonds is 12. The first-order chi connectivity index (χ1) is 25.1. The van der Waals surface area contributed by atoms with Crippen LogP contribution in [0.4, 0.5) is 27.1 Å². The van der Waals surface area contributed by atoms with Crippen LogP contribution in [0.5, 0.6) is 0 Å². The maximum atomic E-state index is 13.7. The van der Waals surface area contributed by atoms with Gasteiger partial charge in [0, 0.05) is 36.9 Å². The Kier molecular flexibility index (Phi) is 25.1. The van der Waals surface area contributed by atoms with Gasteiger partial charge in [0.05, 0.1) is 35.7 Å². The molecule has 0 saturated heterocycles. The first kappa shape index (κ1) is 45.7. The van der Waals surface area contributed by atoms with Gasteiger partial charge in [0.25, 0.3) is 0 Å². The topological polar surface area (TPSA) is 181 Å². The molecule has 0 saturated carbocycles. The molecule has 0 radical (unpaired) electrons. The van der Waals surface area contributed by atoms with Crippen molar-refractivity contribution in [2.24, 2.45) is 15.3 Å². The summed E-state index contributed by atoms with van der Waals surface area (Å²) in [4.78, 5) is 0. The van der Waals surface area contributed by atoms with E-state index in [0.29, 0.717) is 16.9 Å². The van der Waals surface area contributed by atoms with Crippen molar-refractivity contribution in [3.8, 4) is 11.1 Å². The number of hydrogen-bond donors (Lipinski definition) is 8. The Hall–Kier alpha value is -6.30. The second-order valence-corrected chi connectivity index (χ2v) is 10.4. The van der Waals surface area contributed by atoms with Gasteiger partial charge in [-0.15, -0.1) is 0 Å². The minimum atomic E-state index is -0.355. The molecule has 4 rings (SSSR count). The van der Waals surface area contributed by atoms with Gasteiger partial charge in [-0.25, -0.2) is 4.39 Å². The molecule has 4 aromatic rings. The fourth-order valence-corrected chi connectivity index (χ4v) is 3.89. The van der Waals surface area contributed by atoms with Crippen molar-refractivity contribution >= 4 is 66.3 Å². The lowest BCUT2D eigenvalue weighted by atomic mass is 9.98. The van der Waals surface area contributed by atoms with E-state index in [2.05, 4.69) is 68.9 Å². The van der Waals surface area contributed by atoms with Crippen LogP contribution in [-0.4, -0.2) is 50.5 Å². The van der Waals surface area contributed by atoms with E-state index in [4.69, 9.17) is 21.6 Å². The van der Waals surface area contributed by atoms with Gasteiger partial charge in [0.1, 0.15) is 5.82 Å². The zero-order chi connectivity index (χ0) is 39.1. The predicted octanol–water partition coefficient (Wildman–Crippen LogP) is 10.4. The van der Waals surface area contributed by atoms with Crippen LogP contribution in [-0.2, 0) is 0 Å². The monoisotopic (exact) mass is 707 g/mol. The summed E-state index contributed by atoms with van der Waals surface area (Å²) in [5.41, 5.74) is 18.1. The van der Waals surface area contributed by atoms with E-state index in [1.54, 1.807) is 6.07 Å². The maximum Gasteiger partial charge on any atom is 0.123 e. The standard InChI is InChI=1S/C17H17FN6.C9H11N3.C9H13N.C3H7N.C2H6/c1-12-2-4-14(23-21-8-6-19)11-15(12)16-10-13(18)3-5-17(16)24-22-9-7-20;1-8-2-4-9(5-3-8)12-11-7-6-10;1-7-4-5-8(2)9(6-7)10-3;1-2-3-4;1-2/h2-11,19-20,23-24H,1H3;2-7,10,12H,1H3;4-6,10H,1-3H3;3-4H,2H2,1H3;1-2H3/b19-6?,20-7?,21-8-,22-9-;10-6?,11-7-;;;. The molecular weight excluding hydrogens is 654 g/mol. The fraction of sp³-hybridized carbons (Fsp3) is 0.225. The van der Waals surface area contributed by atoms with E-state index in [1.165, 1.54) is 59.4 Å². The van der Waals surface area contributed by atoms with Gasteiger partial charge in [-0.2, -0.15) is 15.3 Å². The van der Waals surface area contributed by atoms with Gasteiger partial charge >= 0.3 is 0 Å². The molecule has 0 aliphatic heterocycles. The van der Waals surface area contributed by atoms with E-state index in [9.17, 15) is 4.39 Å². The third kappa shape index (κ3) is 19.0. The molecule has 0 aromatic heterocycles. The molecule has 12 heteroatoms. The highest BCUT2D eigenvalue weighted by molar-refractivity contribution is 6.15. The Labute approximate surface area is 308 Å². The van der Waals surface area contributed by atoms with Crippen LogP contribution < -0.4 is 21.6 Å². The van der Waals surface area contributed by atoms with Gasteiger partial charge in [0.2, 0.25) is 0 Å². The number of hydrogen-bond acceptors (Lipinski definition) is 11. The zero-order valence-corrected chi connectivity index (χ0v) is 31.5. The molecule has 0 atom stereocenters. The Balaban J connectivity index is 0.000000772. The van der Waals surface area contributed by atoms with Crippen LogP contribution in [0.3, 0.4) is 0 Å². The molecule has 52 heavy (non-hydrogen) atoms. The molecule has 0 aliphatic rings. The highest BCUT2D eigenvalue weighted by Gasteiger charge is 2.10. The molecule has 0 unspecified atom stereocenters. The number of anilines is 4. The fourth-order valence-electron chi connectivity index (χ4n) is 3.89. The Bertz CT molecular complexity index is 1730. The van der Waals surface area contributed by atoms with Crippen molar-refractivity contribution < 1.29 is 4.39 Å². The molecule has 0 fully saturated rings. The Morgan fingerprint density at radius 2 is 1.08 bits per heavy atom. The van der Waals surface area contributed by atoms with Crippen molar-refractivity contribution in [1.82, 2.24) is 0 Å². The molecule has 0 amide bonds.